The molecule has 3 heterocycles. The van der Waals surface area contributed by atoms with Crippen LogP contribution in [0.25, 0.3) is 22.0 Å². The van der Waals surface area contributed by atoms with Gasteiger partial charge in [-0.15, -0.1) is 11.3 Å². The molecule has 4 aromatic rings. The molecule has 5 nitrogen and oxygen atoms in total. The van der Waals surface area contributed by atoms with Gasteiger partial charge in [-0.05, 0) is 19.1 Å². The summed E-state index contributed by atoms with van der Waals surface area (Å²) in [4.78, 5) is 28.2. The fraction of sp³-hybridized carbons (Fsp3) is 0.240. The normalized spacial score (nSPS) is 14.2. The van der Waals surface area contributed by atoms with Crippen molar-refractivity contribution in [2.45, 2.75) is 32.6 Å². The lowest BCUT2D eigenvalue weighted by molar-refractivity contribution is -0.137. The summed E-state index contributed by atoms with van der Waals surface area (Å²) in [5.41, 5.74) is 2.83. The van der Waals surface area contributed by atoms with Gasteiger partial charge in [0, 0.05) is 42.1 Å². The Kier molecular flexibility index (Phi) is 5.83. The summed E-state index contributed by atoms with van der Waals surface area (Å²) in [6.45, 7) is 3.88. The average molecular weight is 483 g/mol. The van der Waals surface area contributed by atoms with Gasteiger partial charge in [0.1, 0.15) is 10.8 Å². The van der Waals surface area contributed by atoms with Crippen LogP contribution in [-0.2, 0) is 25.7 Å². The molecule has 0 amide bonds. The van der Waals surface area contributed by atoms with Gasteiger partial charge < -0.3 is 4.98 Å². The zero-order valence-corrected chi connectivity index (χ0v) is 19.1. The Morgan fingerprint density at radius 2 is 1.76 bits per heavy atom. The highest BCUT2D eigenvalue weighted by atomic mass is 32.1. The first-order valence-corrected chi connectivity index (χ1v) is 11.6. The lowest BCUT2D eigenvalue weighted by Crippen LogP contribution is -2.35. The predicted molar refractivity (Wildman–Crippen MR) is 125 cm³/mol. The fourth-order valence-corrected chi connectivity index (χ4v) is 5.16. The molecular formula is C25H21F3N4OS. The van der Waals surface area contributed by atoms with Crippen LogP contribution in [0.4, 0.5) is 13.2 Å². The van der Waals surface area contributed by atoms with Crippen molar-refractivity contribution in [3.05, 3.63) is 92.3 Å². The van der Waals surface area contributed by atoms with Gasteiger partial charge >= 0.3 is 6.18 Å². The van der Waals surface area contributed by atoms with Crippen molar-refractivity contribution < 1.29 is 13.2 Å². The maximum absolute atomic E-state index is 12.8. The minimum absolute atomic E-state index is 0.254. The predicted octanol–water partition coefficient (Wildman–Crippen LogP) is 5.45. The quantitative estimate of drug-likeness (QED) is 0.421. The molecule has 9 heteroatoms. The molecular weight excluding hydrogens is 461 g/mol. The van der Waals surface area contributed by atoms with Crippen LogP contribution in [0.2, 0.25) is 0 Å². The molecule has 5 rings (SSSR count). The topological polar surface area (TPSA) is 61.9 Å². The number of H-pyrrole nitrogens is 1. The SMILES string of the molecule is Cc1nc(-c2ccccc2)sc1CN1CCc2nc(-c3ccc(C(F)(F)F)cc3)[nH]c(=O)c2C1. The smallest absolute Gasteiger partial charge is 0.306 e. The van der Waals surface area contributed by atoms with E-state index in [0.29, 0.717) is 36.3 Å². The summed E-state index contributed by atoms with van der Waals surface area (Å²) >= 11 is 1.66. The number of aromatic amines is 1. The molecule has 2 aromatic carbocycles. The molecule has 34 heavy (non-hydrogen) atoms. The van der Waals surface area contributed by atoms with Crippen LogP contribution >= 0.6 is 11.3 Å². The Bertz CT molecular complexity index is 1380. The van der Waals surface area contributed by atoms with Crippen molar-refractivity contribution >= 4 is 11.3 Å². The van der Waals surface area contributed by atoms with Crippen LogP contribution in [0.15, 0.2) is 59.4 Å². The van der Waals surface area contributed by atoms with E-state index in [2.05, 4.69) is 14.9 Å². The first-order chi connectivity index (χ1) is 16.3. The van der Waals surface area contributed by atoms with Crippen LogP contribution < -0.4 is 5.56 Å². The Hall–Kier alpha value is -3.30. The van der Waals surface area contributed by atoms with E-state index in [9.17, 15) is 18.0 Å². The zero-order chi connectivity index (χ0) is 23.9. The Labute approximate surface area is 198 Å². The Morgan fingerprint density at radius 3 is 2.47 bits per heavy atom. The molecule has 0 radical (unpaired) electrons. The Balaban J connectivity index is 1.34. The van der Waals surface area contributed by atoms with Crippen molar-refractivity contribution in [2.75, 3.05) is 6.54 Å². The number of rotatable bonds is 4. The molecule has 1 aliphatic heterocycles. The first kappa shape index (κ1) is 22.5. The molecule has 0 fully saturated rings. The first-order valence-electron chi connectivity index (χ1n) is 10.8. The molecule has 0 aliphatic carbocycles. The maximum Gasteiger partial charge on any atom is 0.416 e. The van der Waals surface area contributed by atoms with Crippen molar-refractivity contribution in [1.29, 1.82) is 0 Å². The van der Waals surface area contributed by atoms with Crippen molar-refractivity contribution in [3.8, 4) is 22.0 Å². The third kappa shape index (κ3) is 4.53. The van der Waals surface area contributed by atoms with Gasteiger partial charge in [-0.2, -0.15) is 13.2 Å². The second kappa shape index (κ2) is 8.81. The number of halogens is 3. The van der Waals surface area contributed by atoms with Crippen LogP contribution in [0, 0.1) is 6.92 Å². The summed E-state index contributed by atoms with van der Waals surface area (Å²) < 4.78 is 38.5. The minimum atomic E-state index is -4.41. The van der Waals surface area contributed by atoms with E-state index in [4.69, 9.17) is 4.98 Å². The highest BCUT2D eigenvalue weighted by molar-refractivity contribution is 7.15. The van der Waals surface area contributed by atoms with Gasteiger partial charge in [-0.3, -0.25) is 9.69 Å². The number of nitrogens with one attached hydrogen (secondary N) is 1. The highest BCUT2D eigenvalue weighted by Gasteiger charge is 2.30. The van der Waals surface area contributed by atoms with E-state index in [1.807, 2.05) is 37.3 Å². The van der Waals surface area contributed by atoms with Crippen LogP contribution in [0.5, 0.6) is 0 Å². The van der Waals surface area contributed by atoms with Crippen molar-refractivity contribution in [2.24, 2.45) is 0 Å². The third-order valence-corrected chi connectivity index (χ3v) is 7.11. The molecule has 0 saturated carbocycles. The third-order valence-electron chi connectivity index (χ3n) is 5.91. The van der Waals surface area contributed by atoms with Gasteiger partial charge in [-0.25, -0.2) is 9.97 Å². The molecule has 1 N–H and O–H groups in total. The van der Waals surface area contributed by atoms with Gasteiger partial charge in [0.05, 0.1) is 22.5 Å². The average Bonchev–Trinajstić information content (AvgIpc) is 3.19. The number of hydrogen-bond acceptors (Lipinski definition) is 5. The van der Waals surface area contributed by atoms with Gasteiger partial charge in [-0.1, -0.05) is 42.5 Å². The standard InChI is InChI=1S/C25H21F3N4OS/c1-15-21(34-24(29-15)17-5-3-2-4-6-17)14-32-12-11-20-19(13-32)23(33)31-22(30-20)16-7-9-18(10-8-16)25(26,27)28/h2-10H,11-14H2,1H3,(H,30,31,33). The van der Waals surface area contributed by atoms with E-state index in [0.717, 1.165) is 39.8 Å². The van der Waals surface area contributed by atoms with E-state index < -0.39 is 11.7 Å². The lowest BCUT2D eigenvalue weighted by atomic mass is 10.1. The van der Waals surface area contributed by atoms with Crippen molar-refractivity contribution in [3.63, 3.8) is 0 Å². The van der Waals surface area contributed by atoms with E-state index in [1.165, 1.54) is 12.1 Å². The number of alkyl halides is 3. The van der Waals surface area contributed by atoms with Gasteiger partial charge in [0.25, 0.3) is 5.56 Å². The number of thiazole rings is 1. The van der Waals surface area contributed by atoms with E-state index >= 15 is 0 Å². The minimum Gasteiger partial charge on any atom is -0.306 e. The number of benzene rings is 2. The number of aromatic nitrogens is 3. The van der Waals surface area contributed by atoms with Crippen LogP contribution in [0.3, 0.4) is 0 Å². The number of aryl methyl sites for hydroxylation is 1. The highest BCUT2D eigenvalue weighted by Crippen LogP contribution is 2.31. The molecule has 0 bridgehead atoms. The second-order valence-corrected chi connectivity index (χ2v) is 9.35. The molecule has 0 unspecified atom stereocenters. The van der Waals surface area contributed by atoms with E-state index in [1.54, 1.807) is 11.3 Å². The second-order valence-electron chi connectivity index (χ2n) is 8.27. The maximum atomic E-state index is 12.8. The fourth-order valence-electron chi connectivity index (χ4n) is 4.05. The molecule has 0 atom stereocenters. The summed E-state index contributed by atoms with van der Waals surface area (Å²) in [6.07, 6.45) is -3.81. The summed E-state index contributed by atoms with van der Waals surface area (Å²) in [5, 5.41) is 0.978. The molecule has 0 spiro atoms. The summed E-state index contributed by atoms with van der Waals surface area (Å²) in [7, 11) is 0. The van der Waals surface area contributed by atoms with Gasteiger partial charge in [0.2, 0.25) is 0 Å². The Morgan fingerprint density at radius 1 is 1.03 bits per heavy atom. The lowest BCUT2D eigenvalue weighted by Gasteiger charge is -2.27. The molecule has 174 valence electrons. The van der Waals surface area contributed by atoms with Crippen molar-refractivity contribution in [1.82, 2.24) is 19.9 Å². The van der Waals surface area contributed by atoms with Crippen LogP contribution in [0.1, 0.15) is 27.4 Å². The van der Waals surface area contributed by atoms with E-state index in [-0.39, 0.29) is 11.4 Å². The monoisotopic (exact) mass is 482 g/mol. The molecule has 1 aliphatic rings. The summed E-state index contributed by atoms with van der Waals surface area (Å²) in [5.74, 6) is 0.289. The largest absolute Gasteiger partial charge is 0.416 e. The molecule has 0 saturated heterocycles. The molecule has 2 aromatic heterocycles. The van der Waals surface area contributed by atoms with Gasteiger partial charge in [0.15, 0.2) is 0 Å². The number of hydrogen-bond donors (Lipinski definition) is 1. The number of nitrogens with zero attached hydrogens (tertiary/aromatic N) is 3. The van der Waals surface area contributed by atoms with Crippen LogP contribution in [-0.4, -0.2) is 26.4 Å². The zero-order valence-electron chi connectivity index (χ0n) is 18.3. The summed E-state index contributed by atoms with van der Waals surface area (Å²) in [6, 6.07) is 14.7. The number of fused-ring (bicyclic) bond motifs is 1.